The molecule has 92 valence electrons. The minimum absolute atomic E-state index is 0.152. The molecule has 1 atom stereocenters. The molecule has 0 aliphatic carbocycles. The minimum Gasteiger partial charge on any atom is -0.466 e. The highest BCUT2D eigenvalue weighted by molar-refractivity contribution is 9.10. The van der Waals surface area contributed by atoms with Gasteiger partial charge in [-0.15, -0.1) is 11.3 Å². The molecule has 0 spiro atoms. The largest absolute Gasteiger partial charge is 0.466 e. The molecule has 0 radical (unpaired) electrons. The Balaban J connectivity index is 2.39. The van der Waals surface area contributed by atoms with Crippen LogP contribution in [0.15, 0.2) is 32.7 Å². The monoisotopic (exact) mass is 313 g/mol. The molecular formula is C13H16BrNOS. The van der Waals surface area contributed by atoms with Gasteiger partial charge in [-0.2, -0.15) is 0 Å². The summed E-state index contributed by atoms with van der Waals surface area (Å²) in [7, 11) is 0. The lowest BCUT2D eigenvalue weighted by Gasteiger charge is -2.16. The average molecular weight is 314 g/mol. The third-order valence-corrected chi connectivity index (χ3v) is 4.42. The van der Waals surface area contributed by atoms with Gasteiger partial charge < -0.3 is 9.73 Å². The maximum Gasteiger partial charge on any atom is 0.140 e. The zero-order chi connectivity index (χ0) is 12.3. The number of thiophene rings is 1. The number of hydrogen-bond donors (Lipinski definition) is 1. The van der Waals surface area contributed by atoms with Crippen molar-refractivity contribution >= 4 is 27.3 Å². The first-order valence-corrected chi connectivity index (χ1v) is 7.47. The van der Waals surface area contributed by atoms with E-state index in [9.17, 15) is 0 Å². The number of aryl methyl sites for hydroxylation is 1. The van der Waals surface area contributed by atoms with Crippen molar-refractivity contribution in [3.63, 3.8) is 0 Å². The molecule has 0 saturated heterocycles. The molecule has 17 heavy (non-hydrogen) atoms. The van der Waals surface area contributed by atoms with Crippen LogP contribution in [0.4, 0.5) is 0 Å². The number of hydrogen-bond acceptors (Lipinski definition) is 3. The Bertz CT molecular complexity index is 477. The second-order valence-electron chi connectivity index (χ2n) is 3.79. The maximum absolute atomic E-state index is 5.60. The van der Waals surface area contributed by atoms with E-state index in [0.717, 1.165) is 23.2 Å². The SMILES string of the molecule is CCNC(c1occc1Br)c1sccc1CC. The molecular weight excluding hydrogens is 298 g/mol. The van der Waals surface area contributed by atoms with Gasteiger partial charge in [0.1, 0.15) is 11.8 Å². The smallest absolute Gasteiger partial charge is 0.140 e. The summed E-state index contributed by atoms with van der Waals surface area (Å²) in [6.07, 6.45) is 2.78. The summed E-state index contributed by atoms with van der Waals surface area (Å²) in [5.74, 6) is 0.962. The molecule has 2 heterocycles. The summed E-state index contributed by atoms with van der Waals surface area (Å²) in [6.45, 7) is 5.22. The van der Waals surface area contributed by atoms with Crippen molar-refractivity contribution in [1.82, 2.24) is 5.32 Å². The Morgan fingerprint density at radius 2 is 2.24 bits per heavy atom. The summed E-state index contributed by atoms with van der Waals surface area (Å²) in [5.41, 5.74) is 1.39. The molecule has 0 saturated carbocycles. The molecule has 0 bridgehead atoms. The van der Waals surface area contributed by atoms with Gasteiger partial charge in [-0.1, -0.05) is 13.8 Å². The number of halogens is 1. The molecule has 1 N–H and O–H groups in total. The van der Waals surface area contributed by atoms with Gasteiger partial charge in [0.2, 0.25) is 0 Å². The molecule has 2 rings (SSSR count). The first-order valence-electron chi connectivity index (χ1n) is 5.80. The minimum atomic E-state index is 0.152. The van der Waals surface area contributed by atoms with Crippen LogP contribution in [0.3, 0.4) is 0 Å². The van der Waals surface area contributed by atoms with Crippen LogP contribution in [0.25, 0.3) is 0 Å². The van der Waals surface area contributed by atoms with Gasteiger partial charge in [0.25, 0.3) is 0 Å². The first kappa shape index (κ1) is 12.9. The molecule has 1 unspecified atom stereocenters. The van der Waals surface area contributed by atoms with Gasteiger partial charge in [-0.25, -0.2) is 0 Å². The Hall–Kier alpha value is -0.580. The van der Waals surface area contributed by atoms with Crippen LogP contribution in [0.2, 0.25) is 0 Å². The highest BCUT2D eigenvalue weighted by Gasteiger charge is 2.22. The molecule has 0 amide bonds. The number of furan rings is 1. The zero-order valence-electron chi connectivity index (χ0n) is 10.00. The molecule has 2 nitrogen and oxygen atoms in total. The molecule has 0 fully saturated rings. The van der Waals surface area contributed by atoms with Gasteiger partial charge in [-0.3, -0.25) is 0 Å². The van der Waals surface area contributed by atoms with E-state index in [0.29, 0.717) is 0 Å². The quantitative estimate of drug-likeness (QED) is 0.887. The highest BCUT2D eigenvalue weighted by atomic mass is 79.9. The second-order valence-corrected chi connectivity index (χ2v) is 5.59. The lowest BCUT2D eigenvalue weighted by atomic mass is 10.1. The fourth-order valence-corrected chi connectivity index (χ4v) is 3.41. The Morgan fingerprint density at radius 3 is 2.82 bits per heavy atom. The summed E-state index contributed by atoms with van der Waals surface area (Å²) >= 11 is 5.33. The van der Waals surface area contributed by atoms with E-state index in [1.807, 2.05) is 6.07 Å². The lowest BCUT2D eigenvalue weighted by molar-refractivity contribution is 0.452. The number of nitrogens with one attached hydrogen (secondary N) is 1. The van der Waals surface area contributed by atoms with Crippen LogP contribution >= 0.6 is 27.3 Å². The topological polar surface area (TPSA) is 25.2 Å². The predicted molar refractivity (Wildman–Crippen MR) is 75.6 cm³/mol. The highest BCUT2D eigenvalue weighted by Crippen LogP contribution is 2.34. The van der Waals surface area contributed by atoms with Crippen LogP contribution in [0.1, 0.15) is 36.1 Å². The molecule has 0 aromatic carbocycles. The zero-order valence-corrected chi connectivity index (χ0v) is 12.4. The Kier molecular flexibility index (Phi) is 4.42. The summed E-state index contributed by atoms with van der Waals surface area (Å²) in [6, 6.07) is 4.29. The van der Waals surface area contributed by atoms with Gasteiger partial charge in [-0.05, 0) is 52.0 Å². The van der Waals surface area contributed by atoms with E-state index in [-0.39, 0.29) is 6.04 Å². The molecule has 4 heteroatoms. The Morgan fingerprint density at radius 1 is 1.41 bits per heavy atom. The summed E-state index contributed by atoms with van der Waals surface area (Å²) < 4.78 is 6.63. The van der Waals surface area contributed by atoms with E-state index in [4.69, 9.17) is 4.42 Å². The van der Waals surface area contributed by atoms with Gasteiger partial charge in [0.15, 0.2) is 0 Å². The van der Waals surface area contributed by atoms with E-state index in [1.165, 1.54) is 10.4 Å². The van der Waals surface area contributed by atoms with Gasteiger partial charge in [0, 0.05) is 4.88 Å². The first-order chi connectivity index (χ1) is 8.27. The van der Waals surface area contributed by atoms with Crippen LogP contribution in [0, 0.1) is 0 Å². The average Bonchev–Trinajstić information content (AvgIpc) is 2.94. The Labute approximate surface area is 114 Å². The summed E-state index contributed by atoms with van der Waals surface area (Å²) in [5, 5.41) is 5.64. The normalized spacial score (nSPS) is 12.9. The second kappa shape index (κ2) is 5.85. The van der Waals surface area contributed by atoms with Crippen LogP contribution in [-0.2, 0) is 6.42 Å². The third-order valence-electron chi connectivity index (χ3n) is 2.74. The van der Waals surface area contributed by atoms with Crippen molar-refractivity contribution < 1.29 is 4.42 Å². The van der Waals surface area contributed by atoms with Crippen molar-refractivity contribution in [1.29, 1.82) is 0 Å². The van der Waals surface area contributed by atoms with Crippen molar-refractivity contribution in [2.24, 2.45) is 0 Å². The third kappa shape index (κ3) is 2.64. The van der Waals surface area contributed by atoms with Crippen molar-refractivity contribution in [2.45, 2.75) is 26.3 Å². The van der Waals surface area contributed by atoms with Crippen molar-refractivity contribution in [3.8, 4) is 0 Å². The fraction of sp³-hybridized carbons (Fsp3) is 0.385. The molecule has 2 aromatic rings. The maximum atomic E-state index is 5.60. The molecule has 0 aliphatic rings. The molecule has 0 aliphatic heterocycles. The van der Waals surface area contributed by atoms with Crippen molar-refractivity contribution in [2.75, 3.05) is 6.54 Å². The van der Waals surface area contributed by atoms with Crippen LogP contribution < -0.4 is 5.32 Å². The number of rotatable bonds is 5. The molecule has 2 aromatic heterocycles. The van der Waals surface area contributed by atoms with E-state index >= 15 is 0 Å². The van der Waals surface area contributed by atoms with E-state index in [1.54, 1.807) is 17.6 Å². The lowest BCUT2D eigenvalue weighted by Crippen LogP contribution is -2.21. The standard InChI is InChI=1S/C13H16BrNOS/c1-3-9-6-8-17-13(9)11(15-4-2)12-10(14)5-7-16-12/h5-8,11,15H,3-4H2,1-2H3. The van der Waals surface area contributed by atoms with E-state index < -0.39 is 0 Å². The van der Waals surface area contributed by atoms with Gasteiger partial charge in [0.05, 0.1) is 10.7 Å². The van der Waals surface area contributed by atoms with Crippen LogP contribution in [-0.4, -0.2) is 6.54 Å². The van der Waals surface area contributed by atoms with Crippen molar-refractivity contribution in [3.05, 3.63) is 44.4 Å². The summed E-state index contributed by atoms with van der Waals surface area (Å²) in [4.78, 5) is 1.35. The van der Waals surface area contributed by atoms with E-state index in [2.05, 4.69) is 46.5 Å². The fourth-order valence-electron chi connectivity index (χ4n) is 1.91. The predicted octanol–water partition coefficient (Wildman–Crippen LogP) is 4.36. The van der Waals surface area contributed by atoms with Gasteiger partial charge >= 0.3 is 0 Å². The van der Waals surface area contributed by atoms with Crippen LogP contribution in [0.5, 0.6) is 0 Å².